The van der Waals surface area contributed by atoms with Crippen LogP contribution in [0.2, 0.25) is 0 Å². The van der Waals surface area contributed by atoms with E-state index in [1.807, 2.05) is 0 Å². The first-order valence-electron chi connectivity index (χ1n) is 5.28. The Hall–Kier alpha value is -0.790. The average molecular weight is 198 g/mol. The molecule has 0 bridgehead atoms. The van der Waals surface area contributed by atoms with E-state index >= 15 is 0 Å². The molecule has 82 valence electrons. The molecule has 0 fully saturated rings. The third-order valence-corrected chi connectivity index (χ3v) is 2.55. The van der Waals surface area contributed by atoms with E-state index in [-0.39, 0.29) is 5.97 Å². The lowest BCUT2D eigenvalue weighted by atomic mass is 9.85. The topological polar surface area (TPSA) is 26.3 Å². The van der Waals surface area contributed by atoms with Gasteiger partial charge in [0.1, 0.15) is 6.61 Å². The van der Waals surface area contributed by atoms with E-state index in [0.29, 0.717) is 18.4 Å². The Morgan fingerprint density at radius 3 is 2.64 bits per heavy atom. The predicted molar refractivity (Wildman–Crippen MR) is 59.1 cm³/mol. The van der Waals surface area contributed by atoms with E-state index in [1.54, 1.807) is 6.08 Å². The van der Waals surface area contributed by atoms with Crippen LogP contribution in [-0.2, 0) is 9.53 Å². The summed E-state index contributed by atoms with van der Waals surface area (Å²) in [5.74, 6) is -0.114. The molecule has 0 saturated carbocycles. The van der Waals surface area contributed by atoms with Crippen LogP contribution in [0.5, 0.6) is 0 Å². The van der Waals surface area contributed by atoms with Crippen molar-refractivity contribution in [2.75, 3.05) is 6.61 Å². The smallest absolute Gasteiger partial charge is 0.306 e. The number of rotatable bonds is 7. The lowest BCUT2D eigenvalue weighted by molar-refractivity contribution is -0.142. The fourth-order valence-electron chi connectivity index (χ4n) is 1.11. The number of carbonyl (C=O) groups is 1. The van der Waals surface area contributed by atoms with E-state index in [2.05, 4.69) is 27.4 Å². The highest BCUT2D eigenvalue weighted by atomic mass is 16.5. The van der Waals surface area contributed by atoms with E-state index in [0.717, 1.165) is 19.3 Å². The van der Waals surface area contributed by atoms with Gasteiger partial charge in [-0.3, -0.25) is 4.79 Å². The van der Waals surface area contributed by atoms with Crippen molar-refractivity contribution in [2.24, 2.45) is 5.41 Å². The third-order valence-electron chi connectivity index (χ3n) is 2.55. The van der Waals surface area contributed by atoms with Crippen molar-refractivity contribution in [3.63, 3.8) is 0 Å². The molecule has 0 aromatic heterocycles. The Morgan fingerprint density at radius 1 is 1.50 bits per heavy atom. The summed E-state index contributed by atoms with van der Waals surface area (Å²) in [6.07, 6.45) is 5.25. The van der Waals surface area contributed by atoms with Crippen LogP contribution in [0.25, 0.3) is 0 Å². The van der Waals surface area contributed by atoms with Crippen LogP contribution in [0.15, 0.2) is 12.7 Å². The minimum absolute atomic E-state index is 0.114. The van der Waals surface area contributed by atoms with Gasteiger partial charge in [0, 0.05) is 6.42 Å². The predicted octanol–water partition coefficient (Wildman–Crippen LogP) is 3.32. The Balaban J connectivity index is 3.53. The van der Waals surface area contributed by atoms with Crippen molar-refractivity contribution in [3.8, 4) is 0 Å². The molecule has 0 atom stereocenters. The van der Waals surface area contributed by atoms with Gasteiger partial charge in [-0.05, 0) is 18.3 Å². The van der Waals surface area contributed by atoms with Crippen molar-refractivity contribution in [2.45, 2.75) is 46.5 Å². The summed E-state index contributed by atoms with van der Waals surface area (Å²) in [4.78, 5) is 11.1. The molecular formula is C12H22O2. The summed E-state index contributed by atoms with van der Waals surface area (Å²) in [6.45, 7) is 10.4. The number of ether oxygens (including phenoxy) is 1. The van der Waals surface area contributed by atoms with Gasteiger partial charge in [0.05, 0.1) is 0 Å². The molecule has 0 N–H and O–H groups in total. The molecule has 0 aliphatic carbocycles. The summed E-state index contributed by atoms with van der Waals surface area (Å²) in [5.41, 5.74) is 0.346. The SMILES string of the molecule is C=CCOC(=O)CCCC(C)(C)CC. The quantitative estimate of drug-likeness (QED) is 0.463. The zero-order valence-corrected chi connectivity index (χ0v) is 9.64. The molecule has 0 aromatic carbocycles. The van der Waals surface area contributed by atoms with E-state index in [9.17, 15) is 4.79 Å². The van der Waals surface area contributed by atoms with Crippen molar-refractivity contribution >= 4 is 5.97 Å². The number of carbonyl (C=O) groups excluding carboxylic acids is 1. The maximum atomic E-state index is 11.1. The first-order valence-corrected chi connectivity index (χ1v) is 5.28. The molecule has 0 aliphatic heterocycles. The molecule has 0 heterocycles. The highest BCUT2D eigenvalue weighted by Crippen LogP contribution is 2.26. The van der Waals surface area contributed by atoms with Gasteiger partial charge in [0.15, 0.2) is 0 Å². The second-order valence-electron chi connectivity index (χ2n) is 4.34. The fraction of sp³-hybridized carbons (Fsp3) is 0.750. The molecule has 0 unspecified atom stereocenters. The van der Waals surface area contributed by atoms with Crippen molar-refractivity contribution in [1.29, 1.82) is 0 Å². The second kappa shape index (κ2) is 6.63. The van der Waals surface area contributed by atoms with Crippen molar-refractivity contribution in [1.82, 2.24) is 0 Å². The molecule has 0 aromatic rings. The van der Waals surface area contributed by atoms with Gasteiger partial charge in [0.25, 0.3) is 0 Å². The lowest BCUT2D eigenvalue weighted by Crippen LogP contribution is -2.11. The summed E-state index contributed by atoms with van der Waals surface area (Å²) in [6, 6.07) is 0. The van der Waals surface area contributed by atoms with E-state index in [4.69, 9.17) is 4.74 Å². The lowest BCUT2D eigenvalue weighted by Gasteiger charge is -2.21. The van der Waals surface area contributed by atoms with Crippen molar-refractivity contribution in [3.05, 3.63) is 12.7 Å². The Bertz CT molecular complexity index is 183. The Morgan fingerprint density at radius 2 is 2.14 bits per heavy atom. The highest BCUT2D eigenvalue weighted by molar-refractivity contribution is 5.69. The summed E-state index contributed by atoms with van der Waals surface area (Å²) >= 11 is 0. The van der Waals surface area contributed by atoms with E-state index in [1.165, 1.54) is 0 Å². The number of esters is 1. The minimum atomic E-state index is -0.114. The van der Waals surface area contributed by atoms with Crippen molar-refractivity contribution < 1.29 is 9.53 Å². The van der Waals surface area contributed by atoms with Crippen LogP contribution in [0, 0.1) is 5.41 Å². The molecule has 0 saturated heterocycles. The summed E-state index contributed by atoms with van der Waals surface area (Å²) < 4.78 is 4.88. The zero-order chi connectivity index (χ0) is 11.0. The number of hydrogen-bond donors (Lipinski definition) is 0. The highest BCUT2D eigenvalue weighted by Gasteiger charge is 2.15. The molecule has 2 heteroatoms. The second-order valence-corrected chi connectivity index (χ2v) is 4.34. The largest absolute Gasteiger partial charge is 0.461 e. The molecule has 0 radical (unpaired) electrons. The fourth-order valence-corrected chi connectivity index (χ4v) is 1.11. The zero-order valence-electron chi connectivity index (χ0n) is 9.64. The monoisotopic (exact) mass is 198 g/mol. The third kappa shape index (κ3) is 6.70. The minimum Gasteiger partial charge on any atom is -0.461 e. The van der Waals surface area contributed by atoms with Gasteiger partial charge in [-0.15, -0.1) is 0 Å². The van der Waals surface area contributed by atoms with Crippen LogP contribution in [-0.4, -0.2) is 12.6 Å². The molecular weight excluding hydrogens is 176 g/mol. The molecule has 0 spiro atoms. The van der Waals surface area contributed by atoms with Crippen LogP contribution >= 0.6 is 0 Å². The van der Waals surface area contributed by atoms with Gasteiger partial charge in [-0.2, -0.15) is 0 Å². The Labute approximate surface area is 87.3 Å². The molecule has 0 rings (SSSR count). The maximum Gasteiger partial charge on any atom is 0.306 e. The molecule has 0 amide bonds. The van der Waals surface area contributed by atoms with Gasteiger partial charge in [-0.25, -0.2) is 0 Å². The van der Waals surface area contributed by atoms with Crippen LogP contribution in [0.3, 0.4) is 0 Å². The van der Waals surface area contributed by atoms with Gasteiger partial charge in [-0.1, -0.05) is 39.8 Å². The summed E-state index contributed by atoms with van der Waals surface area (Å²) in [7, 11) is 0. The Kier molecular flexibility index (Phi) is 6.26. The molecule has 2 nitrogen and oxygen atoms in total. The van der Waals surface area contributed by atoms with Crippen LogP contribution in [0.1, 0.15) is 46.5 Å². The maximum absolute atomic E-state index is 11.1. The summed E-state index contributed by atoms with van der Waals surface area (Å²) in [5, 5.41) is 0. The van der Waals surface area contributed by atoms with E-state index < -0.39 is 0 Å². The molecule has 0 aliphatic rings. The van der Waals surface area contributed by atoms with Crippen LogP contribution < -0.4 is 0 Å². The average Bonchev–Trinajstić information content (AvgIpc) is 2.14. The van der Waals surface area contributed by atoms with Gasteiger partial charge < -0.3 is 4.74 Å². The first kappa shape index (κ1) is 13.2. The number of hydrogen-bond acceptors (Lipinski definition) is 2. The van der Waals surface area contributed by atoms with Crippen LogP contribution in [0.4, 0.5) is 0 Å². The van der Waals surface area contributed by atoms with Gasteiger partial charge in [0.2, 0.25) is 0 Å². The normalized spacial score (nSPS) is 11.1. The van der Waals surface area contributed by atoms with Gasteiger partial charge >= 0.3 is 5.97 Å². The standard InChI is InChI=1S/C12H22O2/c1-5-10-14-11(13)8-7-9-12(3,4)6-2/h5H,1,6-10H2,2-4H3. The molecule has 14 heavy (non-hydrogen) atoms. The first-order chi connectivity index (χ1) is 6.52.